The standard InChI is InChI=1S/C24H36N4O2/c1-4-5-15-30-18-22(29)17-27-11-13-28(14-12-27)24-23(19(2)25-20(3)26-24)16-21-9-7-6-8-10-21/h6-10,22,29H,4-5,11-18H2,1-3H3. The molecule has 1 aliphatic heterocycles. The number of ether oxygens (including phenoxy) is 1. The Kier molecular flexibility index (Phi) is 8.61. The molecule has 1 fully saturated rings. The van der Waals surface area contributed by atoms with E-state index in [2.05, 4.69) is 52.9 Å². The van der Waals surface area contributed by atoms with Crippen molar-refractivity contribution in [2.75, 3.05) is 50.8 Å². The van der Waals surface area contributed by atoms with Crippen molar-refractivity contribution in [1.29, 1.82) is 0 Å². The summed E-state index contributed by atoms with van der Waals surface area (Å²) in [6.07, 6.45) is 2.59. The fourth-order valence-electron chi connectivity index (χ4n) is 3.95. The van der Waals surface area contributed by atoms with Gasteiger partial charge in [0.05, 0.1) is 12.7 Å². The number of unbranched alkanes of at least 4 members (excludes halogenated alkanes) is 1. The minimum Gasteiger partial charge on any atom is -0.389 e. The second-order valence-corrected chi connectivity index (χ2v) is 8.19. The third-order valence-corrected chi connectivity index (χ3v) is 5.62. The van der Waals surface area contributed by atoms with Crippen LogP contribution in [0.3, 0.4) is 0 Å². The van der Waals surface area contributed by atoms with Crippen LogP contribution >= 0.6 is 0 Å². The molecule has 1 aliphatic rings. The maximum Gasteiger partial charge on any atom is 0.136 e. The van der Waals surface area contributed by atoms with Gasteiger partial charge in [0.15, 0.2) is 0 Å². The van der Waals surface area contributed by atoms with Crippen molar-refractivity contribution in [1.82, 2.24) is 14.9 Å². The summed E-state index contributed by atoms with van der Waals surface area (Å²) in [7, 11) is 0. The zero-order valence-corrected chi connectivity index (χ0v) is 18.7. The summed E-state index contributed by atoms with van der Waals surface area (Å²) in [5.74, 6) is 1.88. The number of aliphatic hydroxyl groups excluding tert-OH is 1. The first-order valence-electron chi connectivity index (χ1n) is 11.2. The first-order chi connectivity index (χ1) is 14.6. The summed E-state index contributed by atoms with van der Waals surface area (Å²) >= 11 is 0. The van der Waals surface area contributed by atoms with Crippen molar-refractivity contribution in [3.05, 3.63) is 53.0 Å². The first kappa shape index (κ1) is 22.7. The van der Waals surface area contributed by atoms with Crippen LogP contribution in [0.4, 0.5) is 5.82 Å². The van der Waals surface area contributed by atoms with Crippen LogP contribution in [0, 0.1) is 13.8 Å². The normalized spacial score (nSPS) is 16.1. The fourth-order valence-corrected chi connectivity index (χ4v) is 3.95. The quantitative estimate of drug-likeness (QED) is 0.606. The summed E-state index contributed by atoms with van der Waals surface area (Å²) in [6, 6.07) is 10.5. The Balaban J connectivity index is 1.60. The predicted octanol–water partition coefficient (Wildman–Crippen LogP) is 2.98. The molecule has 2 heterocycles. The average molecular weight is 413 g/mol. The summed E-state index contributed by atoms with van der Waals surface area (Å²) in [5.41, 5.74) is 3.55. The average Bonchev–Trinajstić information content (AvgIpc) is 2.74. The van der Waals surface area contributed by atoms with E-state index in [1.165, 1.54) is 11.1 Å². The molecule has 6 heteroatoms. The number of aryl methyl sites for hydroxylation is 2. The van der Waals surface area contributed by atoms with Gasteiger partial charge in [0.25, 0.3) is 0 Å². The van der Waals surface area contributed by atoms with Gasteiger partial charge in [-0.15, -0.1) is 0 Å². The molecule has 0 aliphatic carbocycles. The van der Waals surface area contributed by atoms with Crippen LogP contribution in [0.15, 0.2) is 30.3 Å². The molecule has 2 aromatic rings. The SMILES string of the molecule is CCCCOCC(O)CN1CCN(c2nc(C)nc(C)c2Cc2ccccc2)CC1. The smallest absolute Gasteiger partial charge is 0.136 e. The number of rotatable bonds is 10. The Morgan fingerprint density at radius 1 is 1.07 bits per heavy atom. The maximum atomic E-state index is 10.3. The lowest BCUT2D eigenvalue weighted by atomic mass is 10.0. The van der Waals surface area contributed by atoms with Crippen LogP contribution in [0.5, 0.6) is 0 Å². The molecule has 1 N–H and O–H groups in total. The monoisotopic (exact) mass is 412 g/mol. The number of nitrogens with zero attached hydrogens (tertiary/aromatic N) is 4. The van der Waals surface area contributed by atoms with E-state index in [-0.39, 0.29) is 0 Å². The molecule has 6 nitrogen and oxygen atoms in total. The van der Waals surface area contributed by atoms with E-state index in [0.717, 1.165) is 69.4 Å². The second kappa shape index (κ2) is 11.4. The second-order valence-electron chi connectivity index (χ2n) is 8.19. The molecular formula is C24H36N4O2. The topological polar surface area (TPSA) is 61.7 Å². The van der Waals surface area contributed by atoms with Crippen molar-refractivity contribution >= 4 is 5.82 Å². The highest BCUT2D eigenvalue weighted by molar-refractivity contribution is 5.51. The van der Waals surface area contributed by atoms with Crippen molar-refractivity contribution in [2.24, 2.45) is 0 Å². The van der Waals surface area contributed by atoms with Crippen LogP contribution in [0.1, 0.15) is 42.4 Å². The lowest BCUT2D eigenvalue weighted by molar-refractivity contribution is 0.0150. The van der Waals surface area contributed by atoms with Gasteiger partial charge >= 0.3 is 0 Å². The van der Waals surface area contributed by atoms with E-state index in [9.17, 15) is 5.11 Å². The molecule has 0 saturated carbocycles. The Labute approximate surface area is 180 Å². The van der Waals surface area contributed by atoms with E-state index in [1.54, 1.807) is 0 Å². The minimum atomic E-state index is -0.425. The molecule has 0 amide bonds. The number of aromatic nitrogens is 2. The van der Waals surface area contributed by atoms with Gasteiger partial charge in [-0.2, -0.15) is 0 Å². The fraction of sp³-hybridized carbons (Fsp3) is 0.583. The number of piperazine rings is 1. The Hall–Kier alpha value is -2.02. The Morgan fingerprint density at radius 2 is 1.80 bits per heavy atom. The van der Waals surface area contributed by atoms with Gasteiger partial charge < -0.3 is 14.7 Å². The largest absolute Gasteiger partial charge is 0.389 e. The third-order valence-electron chi connectivity index (χ3n) is 5.62. The molecular weight excluding hydrogens is 376 g/mol. The molecule has 1 atom stereocenters. The van der Waals surface area contributed by atoms with E-state index in [1.807, 2.05) is 13.0 Å². The van der Waals surface area contributed by atoms with E-state index < -0.39 is 6.10 Å². The zero-order valence-electron chi connectivity index (χ0n) is 18.7. The van der Waals surface area contributed by atoms with Crippen LogP contribution in [-0.2, 0) is 11.2 Å². The van der Waals surface area contributed by atoms with Gasteiger partial charge in [0.1, 0.15) is 11.6 Å². The number of β-amino-alcohol motifs (C(OH)–C–C–N with tert-alkyl or cyclic N) is 1. The molecule has 0 radical (unpaired) electrons. The molecule has 1 saturated heterocycles. The van der Waals surface area contributed by atoms with E-state index in [4.69, 9.17) is 9.72 Å². The van der Waals surface area contributed by atoms with E-state index in [0.29, 0.717) is 13.2 Å². The van der Waals surface area contributed by atoms with Gasteiger partial charge in [-0.05, 0) is 25.8 Å². The van der Waals surface area contributed by atoms with Crippen LogP contribution in [-0.4, -0.2) is 72.0 Å². The molecule has 164 valence electrons. The molecule has 30 heavy (non-hydrogen) atoms. The van der Waals surface area contributed by atoms with Crippen molar-refractivity contribution in [3.8, 4) is 0 Å². The van der Waals surface area contributed by atoms with Crippen molar-refractivity contribution in [3.63, 3.8) is 0 Å². The predicted molar refractivity (Wildman–Crippen MR) is 121 cm³/mol. The Bertz CT molecular complexity index is 776. The lowest BCUT2D eigenvalue weighted by Gasteiger charge is -2.37. The summed E-state index contributed by atoms with van der Waals surface area (Å²) in [5, 5.41) is 10.3. The summed E-state index contributed by atoms with van der Waals surface area (Å²) in [4.78, 5) is 14.1. The number of benzene rings is 1. The molecule has 0 bridgehead atoms. The van der Waals surface area contributed by atoms with Gasteiger partial charge in [0, 0.05) is 57.0 Å². The lowest BCUT2D eigenvalue weighted by Crippen LogP contribution is -2.49. The number of hydrogen-bond donors (Lipinski definition) is 1. The summed E-state index contributed by atoms with van der Waals surface area (Å²) in [6.45, 7) is 11.7. The summed E-state index contributed by atoms with van der Waals surface area (Å²) < 4.78 is 5.56. The maximum absolute atomic E-state index is 10.3. The highest BCUT2D eigenvalue weighted by Crippen LogP contribution is 2.25. The Morgan fingerprint density at radius 3 is 2.50 bits per heavy atom. The number of anilines is 1. The van der Waals surface area contributed by atoms with E-state index >= 15 is 0 Å². The molecule has 3 rings (SSSR count). The highest BCUT2D eigenvalue weighted by Gasteiger charge is 2.23. The van der Waals surface area contributed by atoms with Gasteiger partial charge in [-0.3, -0.25) is 4.90 Å². The number of aliphatic hydroxyl groups is 1. The molecule has 1 aromatic carbocycles. The van der Waals surface area contributed by atoms with Gasteiger partial charge in [-0.1, -0.05) is 43.7 Å². The van der Waals surface area contributed by atoms with Crippen LogP contribution in [0.2, 0.25) is 0 Å². The van der Waals surface area contributed by atoms with Crippen LogP contribution in [0.25, 0.3) is 0 Å². The molecule has 1 aromatic heterocycles. The minimum absolute atomic E-state index is 0.422. The van der Waals surface area contributed by atoms with Crippen molar-refractivity contribution in [2.45, 2.75) is 46.1 Å². The molecule has 0 spiro atoms. The third kappa shape index (κ3) is 6.49. The zero-order chi connectivity index (χ0) is 21.3. The highest BCUT2D eigenvalue weighted by atomic mass is 16.5. The van der Waals surface area contributed by atoms with Crippen molar-refractivity contribution < 1.29 is 9.84 Å². The first-order valence-corrected chi connectivity index (χ1v) is 11.2. The van der Waals surface area contributed by atoms with Gasteiger partial charge in [-0.25, -0.2) is 9.97 Å². The van der Waals surface area contributed by atoms with Gasteiger partial charge in [0.2, 0.25) is 0 Å². The number of hydrogen-bond acceptors (Lipinski definition) is 6. The molecule has 1 unspecified atom stereocenters. The van der Waals surface area contributed by atoms with Crippen LogP contribution < -0.4 is 4.90 Å².